The van der Waals surface area contributed by atoms with Gasteiger partial charge in [0.1, 0.15) is 23.9 Å². The molecule has 3 atom stereocenters. The smallest absolute Gasteiger partial charge is 0.414 e. The maximum atomic E-state index is 12.6. The summed E-state index contributed by atoms with van der Waals surface area (Å²) in [6.07, 6.45) is 4.38. The van der Waals surface area contributed by atoms with Crippen LogP contribution in [0.1, 0.15) is 91.5 Å². The highest BCUT2D eigenvalue weighted by atomic mass is 35.5. The molecule has 0 saturated carbocycles. The average Bonchev–Trinajstić information content (AvgIpc) is 4.10. The first-order valence-corrected chi connectivity index (χ1v) is 23.1. The van der Waals surface area contributed by atoms with Crippen LogP contribution in [0.2, 0.25) is 8.67 Å². The highest BCUT2D eigenvalue weighted by Gasteiger charge is 2.36. The molecule has 6 heterocycles. The topological polar surface area (TPSA) is 126 Å². The number of Topliss-reactive ketones (excluding diaryl/α,β-unsaturated/α-hetero) is 2. The van der Waals surface area contributed by atoms with Crippen LogP contribution in [0.15, 0.2) is 72.8 Å². The van der Waals surface area contributed by atoms with E-state index in [1.54, 1.807) is 34.1 Å². The molecule has 324 valence electrons. The van der Waals surface area contributed by atoms with Crippen LogP contribution in [-0.2, 0) is 19.0 Å². The Morgan fingerprint density at radius 2 is 1.11 bits per heavy atom. The number of ether oxygens (including phenoxy) is 3. The Morgan fingerprint density at radius 1 is 0.656 bits per heavy atom. The molecular formula is C45H50Cl2N4O8S2. The number of anilines is 4. The molecule has 4 aliphatic heterocycles. The summed E-state index contributed by atoms with van der Waals surface area (Å²) in [6.45, 7) is 9.44. The molecule has 4 fully saturated rings. The molecule has 4 aromatic rings. The summed E-state index contributed by atoms with van der Waals surface area (Å²) in [5.74, 6) is -0.170. The molecular weight excluding hydrogens is 860 g/mol. The lowest BCUT2D eigenvalue weighted by Gasteiger charge is -2.29. The number of ketones is 2. The fourth-order valence-corrected chi connectivity index (χ4v) is 9.88. The van der Waals surface area contributed by atoms with Gasteiger partial charge in [0.15, 0.2) is 11.6 Å². The van der Waals surface area contributed by atoms with E-state index in [0.717, 1.165) is 49.5 Å². The van der Waals surface area contributed by atoms with Crippen LogP contribution >= 0.6 is 45.9 Å². The second kappa shape index (κ2) is 19.6. The van der Waals surface area contributed by atoms with Crippen LogP contribution in [0.3, 0.4) is 0 Å². The number of esters is 1. The van der Waals surface area contributed by atoms with Gasteiger partial charge in [0.05, 0.1) is 31.5 Å². The van der Waals surface area contributed by atoms with Gasteiger partial charge in [-0.25, -0.2) is 14.4 Å². The number of hydrogen-bond acceptors (Lipinski definition) is 12. The molecule has 8 rings (SSSR count). The largest absolute Gasteiger partial charge is 0.458 e. The van der Waals surface area contributed by atoms with E-state index in [4.69, 9.17) is 37.4 Å². The standard InChI is InChI=1S/C25H29ClN2O5S.C20H21ClN2O3S/c1-25(2,3)33-23(30)19-5-4-14-27(19)16-6-8-17(9-7-16)28-15-18(32-24(28)31)10-11-20(29)21-12-13-22(26)34-21;21-19-10-9-18(27-19)17(24)8-7-16-13-23(20(25)26-16)15-5-3-14(4-6-15)22-11-1-2-12-22/h6-9,12-13,18-19H,4-5,10-11,14-15H2,1-3H3;3-6,9-10,16H,1-2,7-8,11-13H2. The van der Waals surface area contributed by atoms with Gasteiger partial charge in [0.25, 0.3) is 0 Å². The quantitative estimate of drug-likeness (QED) is 0.0727. The molecule has 0 radical (unpaired) electrons. The van der Waals surface area contributed by atoms with Gasteiger partial charge < -0.3 is 24.0 Å². The average molecular weight is 910 g/mol. The van der Waals surface area contributed by atoms with E-state index in [0.29, 0.717) is 57.2 Å². The molecule has 4 saturated heterocycles. The summed E-state index contributed by atoms with van der Waals surface area (Å²) in [5.41, 5.74) is 3.15. The number of thiophene rings is 2. The molecule has 4 aliphatic rings. The van der Waals surface area contributed by atoms with Gasteiger partial charge in [-0.3, -0.25) is 19.4 Å². The van der Waals surface area contributed by atoms with E-state index < -0.39 is 11.7 Å². The summed E-state index contributed by atoms with van der Waals surface area (Å²) in [4.78, 5) is 70.8. The van der Waals surface area contributed by atoms with Gasteiger partial charge in [-0.1, -0.05) is 23.2 Å². The Bertz CT molecular complexity index is 2200. The van der Waals surface area contributed by atoms with Crippen molar-refractivity contribution in [2.24, 2.45) is 0 Å². The molecule has 2 aromatic heterocycles. The van der Waals surface area contributed by atoms with Crippen molar-refractivity contribution in [1.29, 1.82) is 0 Å². The lowest BCUT2D eigenvalue weighted by molar-refractivity contribution is -0.156. The molecule has 12 nitrogen and oxygen atoms in total. The number of halogens is 2. The van der Waals surface area contributed by atoms with Crippen LogP contribution in [-0.4, -0.2) is 86.3 Å². The zero-order valence-corrected chi connectivity index (χ0v) is 37.6. The fraction of sp³-hybridized carbons (Fsp3) is 0.444. The van der Waals surface area contributed by atoms with E-state index in [-0.39, 0.29) is 41.9 Å². The molecule has 0 bridgehead atoms. The SMILES string of the molecule is CC(C)(C)OC(=O)C1CCCN1c1ccc(N2CC(CCC(=O)c3ccc(Cl)s3)OC2=O)cc1.O=C(CCC1CN(c2ccc(N3CCCC3)cc2)C(=O)O1)c1ccc(Cl)s1. The van der Waals surface area contributed by atoms with Crippen molar-refractivity contribution in [1.82, 2.24) is 0 Å². The second-order valence-electron chi connectivity index (χ2n) is 16.5. The Labute approximate surface area is 374 Å². The number of carbonyl (C=O) groups excluding carboxylic acids is 5. The lowest BCUT2D eigenvalue weighted by Crippen LogP contribution is -2.40. The van der Waals surface area contributed by atoms with Crippen LogP contribution in [0.4, 0.5) is 32.3 Å². The highest BCUT2D eigenvalue weighted by Crippen LogP contribution is 2.33. The number of carbonyl (C=O) groups is 5. The maximum absolute atomic E-state index is 12.6. The van der Waals surface area contributed by atoms with Gasteiger partial charge in [-0.2, -0.15) is 0 Å². The molecule has 3 unspecified atom stereocenters. The van der Waals surface area contributed by atoms with Crippen molar-refractivity contribution in [2.75, 3.05) is 52.3 Å². The van der Waals surface area contributed by atoms with E-state index in [2.05, 4.69) is 21.9 Å². The van der Waals surface area contributed by atoms with Crippen molar-refractivity contribution in [3.63, 3.8) is 0 Å². The summed E-state index contributed by atoms with van der Waals surface area (Å²) >= 11 is 14.3. The third kappa shape index (κ3) is 11.4. The summed E-state index contributed by atoms with van der Waals surface area (Å²) in [5, 5.41) is 0. The van der Waals surface area contributed by atoms with Crippen LogP contribution in [0, 0.1) is 0 Å². The Kier molecular flexibility index (Phi) is 14.3. The van der Waals surface area contributed by atoms with Gasteiger partial charge in [0, 0.05) is 55.2 Å². The van der Waals surface area contributed by atoms with E-state index in [9.17, 15) is 24.0 Å². The number of rotatable bonds is 13. The summed E-state index contributed by atoms with van der Waals surface area (Å²) in [7, 11) is 0. The third-order valence-electron chi connectivity index (χ3n) is 10.9. The minimum absolute atomic E-state index is 0.000839. The van der Waals surface area contributed by atoms with Crippen LogP contribution in [0.5, 0.6) is 0 Å². The predicted molar refractivity (Wildman–Crippen MR) is 242 cm³/mol. The summed E-state index contributed by atoms with van der Waals surface area (Å²) < 4.78 is 17.7. The normalized spacial score (nSPS) is 20.1. The molecule has 0 aliphatic carbocycles. The Balaban J connectivity index is 0.000000189. The number of nitrogens with zero attached hydrogens (tertiary/aromatic N) is 4. The van der Waals surface area contributed by atoms with E-state index >= 15 is 0 Å². The first-order valence-electron chi connectivity index (χ1n) is 20.7. The zero-order valence-electron chi connectivity index (χ0n) is 34.5. The van der Waals surface area contributed by atoms with Gasteiger partial charge in [0.2, 0.25) is 0 Å². The molecule has 2 amide bonds. The number of hydrogen-bond donors (Lipinski definition) is 0. The summed E-state index contributed by atoms with van der Waals surface area (Å²) in [6, 6.07) is 22.2. The van der Waals surface area contributed by atoms with Gasteiger partial charge in [-0.15, -0.1) is 22.7 Å². The second-order valence-corrected chi connectivity index (χ2v) is 19.9. The molecule has 61 heavy (non-hydrogen) atoms. The van der Waals surface area contributed by atoms with Gasteiger partial charge >= 0.3 is 18.2 Å². The number of amides is 2. The molecule has 0 spiro atoms. The Morgan fingerprint density at radius 3 is 1.56 bits per heavy atom. The monoisotopic (exact) mass is 908 g/mol. The Hall–Kier alpha value is -4.63. The van der Waals surface area contributed by atoms with Crippen molar-refractivity contribution in [3.8, 4) is 0 Å². The maximum Gasteiger partial charge on any atom is 0.414 e. The first kappa shape index (κ1) is 44.4. The fourth-order valence-electron chi connectivity index (χ4n) is 7.86. The van der Waals surface area contributed by atoms with E-state index in [1.165, 1.54) is 41.2 Å². The third-order valence-corrected chi connectivity index (χ3v) is 13.4. The predicted octanol–water partition coefficient (Wildman–Crippen LogP) is 10.7. The van der Waals surface area contributed by atoms with Crippen molar-refractivity contribution >= 4 is 98.3 Å². The number of benzene rings is 2. The van der Waals surface area contributed by atoms with Crippen molar-refractivity contribution < 1.29 is 38.2 Å². The van der Waals surface area contributed by atoms with Crippen LogP contribution < -0.4 is 19.6 Å². The number of cyclic esters (lactones) is 2. The lowest BCUT2D eigenvalue weighted by atomic mass is 10.1. The molecule has 16 heteroatoms. The molecule has 0 N–H and O–H groups in total. The van der Waals surface area contributed by atoms with Crippen LogP contribution in [0.25, 0.3) is 0 Å². The van der Waals surface area contributed by atoms with E-state index in [1.807, 2.05) is 57.2 Å². The zero-order chi connectivity index (χ0) is 43.3. The minimum Gasteiger partial charge on any atom is -0.458 e. The van der Waals surface area contributed by atoms with Gasteiger partial charge in [-0.05, 0) is 132 Å². The minimum atomic E-state index is -0.525. The van der Waals surface area contributed by atoms with Crippen molar-refractivity contribution in [2.45, 2.75) is 96.0 Å². The molecule has 2 aromatic carbocycles. The van der Waals surface area contributed by atoms with Crippen molar-refractivity contribution in [3.05, 3.63) is 91.2 Å². The first-order chi connectivity index (χ1) is 29.2. The highest BCUT2D eigenvalue weighted by molar-refractivity contribution is 7.18.